The number of aliphatic hydroxyl groups excluding tert-OH is 2. The second-order valence-electron chi connectivity index (χ2n) is 14.4. The van der Waals surface area contributed by atoms with Gasteiger partial charge < -0.3 is 43.7 Å². The number of carbonyl (C=O) groups excluding carboxylic acids is 2. The topological polar surface area (TPSA) is 153 Å². The van der Waals surface area contributed by atoms with E-state index in [2.05, 4.69) is 4.90 Å². The Balaban J connectivity index is 1.53. The van der Waals surface area contributed by atoms with E-state index in [1.54, 1.807) is 51.7 Å². The quantitative estimate of drug-likeness (QED) is 0.323. The van der Waals surface area contributed by atoms with Gasteiger partial charge in [-0.2, -0.15) is 0 Å². The number of benzene rings is 1. The lowest BCUT2D eigenvalue weighted by molar-refractivity contribution is -0.322. The average Bonchev–Trinajstić information content (AvgIpc) is 3.41. The van der Waals surface area contributed by atoms with Crippen molar-refractivity contribution in [3.05, 3.63) is 35.9 Å². The lowest BCUT2D eigenvalue weighted by atomic mass is 9.42. The third-order valence-electron chi connectivity index (χ3n) is 13.2. The summed E-state index contributed by atoms with van der Waals surface area (Å²) in [6.45, 7) is 4.68. The molecule has 6 aliphatic rings. The van der Waals surface area contributed by atoms with E-state index in [0.717, 1.165) is 0 Å². The highest BCUT2D eigenvalue weighted by Gasteiger charge is 2.92. The van der Waals surface area contributed by atoms with Gasteiger partial charge in [-0.3, -0.25) is 9.69 Å². The lowest BCUT2D eigenvalue weighted by Gasteiger charge is -2.70. The molecule has 0 unspecified atom stereocenters. The van der Waals surface area contributed by atoms with Crippen molar-refractivity contribution < 1.29 is 53.3 Å². The number of fused-ring (bicyclic) bond motifs is 2. The van der Waals surface area contributed by atoms with Crippen LogP contribution in [0.25, 0.3) is 0 Å². The van der Waals surface area contributed by atoms with Crippen LogP contribution in [0.15, 0.2) is 30.3 Å². The van der Waals surface area contributed by atoms with Gasteiger partial charge in [0.05, 0.1) is 30.5 Å². The molecule has 1 heterocycles. The summed E-state index contributed by atoms with van der Waals surface area (Å²) in [5.41, 5.74) is -4.79. The molecule has 15 atom stereocenters. The summed E-state index contributed by atoms with van der Waals surface area (Å²) in [4.78, 5) is 29.3. The minimum atomic E-state index is -1.83. The number of nitrogens with zero attached hydrogens (tertiary/aromatic N) is 1. The summed E-state index contributed by atoms with van der Waals surface area (Å²) < 4.78 is 37.4. The predicted molar refractivity (Wildman–Crippen MR) is 160 cm³/mol. The molecule has 1 aromatic carbocycles. The Bertz CT molecular complexity index is 1360. The van der Waals surface area contributed by atoms with Crippen molar-refractivity contribution >= 4 is 11.9 Å². The van der Waals surface area contributed by atoms with E-state index in [1.165, 1.54) is 14.0 Å². The van der Waals surface area contributed by atoms with Crippen LogP contribution < -0.4 is 0 Å². The monoisotopic (exact) mass is 645 g/mol. The molecule has 12 heteroatoms. The Morgan fingerprint density at radius 1 is 1.00 bits per heavy atom. The first-order chi connectivity index (χ1) is 22.0. The van der Waals surface area contributed by atoms with Crippen LogP contribution >= 0.6 is 0 Å². The number of hydrogen-bond donors (Lipinski definition) is 3. The number of methoxy groups -OCH3 is 4. The van der Waals surface area contributed by atoms with E-state index in [1.807, 2.05) is 6.92 Å². The van der Waals surface area contributed by atoms with Gasteiger partial charge in [0, 0.05) is 83.0 Å². The highest BCUT2D eigenvalue weighted by Crippen LogP contribution is 2.80. The predicted octanol–water partition coefficient (Wildman–Crippen LogP) is 0.648. The zero-order chi connectivity index (χ0) is 33.0. The van der Waals surface area contributed by atoms with Crippen LogP contribution in [-0.2, 0) is 33.2 Å². The molecule has 3 N–H and O–H groups in total. The van der Waals surface area contributed by atoms with Gasteiger partial charge in [0.1, 0.15) is 23.9 Å². The van der Waals surface area contributed by atoms with Gasteiger partial charge in [-0.25, -0.2) is 4.79 Å². The average molecular weight is 646 g/mol. The molecular weight excluding hydrogens is 598 g/mol. The van der Waals surface area contributed by atoms with Crippen LogP contribution in [0.4, 0.5) is 0 Å². The number of rotatable bonds is 9. The minimum Gasteiger partial charge on any atom is -0.455 e. The number of piperidine rings is 1. The van der Waals surface area contributed by atoms with Gasteiger partial charge >= 0.3 is 11.9 Å². The molecule has 1 spiro atoms. The molecule has 6 fully saturated rings. The van der Waals surface area contributed by atoms with Crippen LogP contribution in [0.5, 0.6) is 0 Å². The molecule has 46 heavy (non-hydrogen) atoms. The molecule has 0 aromatic heterocycles. The van der Waals surface area contributed by atoms with Crippen molar-refractivity contribution in [2.45, 2.75) is 80.6 Å². The summed E-state index contributed by atoms with van der Waals surface area (Å²) in [5, 5.41) is 37.3. The first-order valence-corrected chi connectivity index (χ1v) is 16.3. The molecule has 1 aliphatic heterocycles. The van der Waals surface area contributed by atoms with Gasteiger partial charge in [-0.05, 0) is 31.0 Å². The van der Waals surface area contributed by atoms with Crippen molar-refractivity contribution in [2.75, 3.05) is 48.1 Å². The van der Waals surface area contributed by atoms with Crippen molar-refractivity contribution in [1.82, 2.24) is 4.90 Å². The molecule has 12 nitrogen and oxygen atoms in total. The minimum absolute atomic E-state index is 0.0791. The van der Waals surface area contributed by atoms with E-state index in [4.69, 9.17) is 28.4 Å². The van der Waals surface area contributed by atoms with Crippen LogP contribution in [0, 0.1) is 34.5 Å². The molecule has 1 saturated heterocycles. The molecule has 7 bridgehead atoms. The largest absolute Gasteiger partial charge is 0.455 e. The molecule has 0 amide bonds. The normalized spacial score (nSPS) is 49.9. The van der Waals surface area contributed by atoms with Gasteiger partial charge in [0.25, 0.3) is 0 Å². The number of ether oxygens (including phenoxy) is 6. The van der Waals surface area contributed by atoms with Crippen molar-refractivity contribution in [2.24, 2.45) is 34.5 Å². The van der Waals surface area contributed by atoms with Crippen molar-refractivity contribution in [3.63, 3.8) is 0 Å². The third-order valence-corrected chi connectivity index (χ3v) is 13.2. The highest BCUT2D eigenvalue weighted by atomic mass is 16.6. The van der Waals surface area contributed by atoms with Crippen molar-refractivity contribution in [1.29, 1.82) is 0 Å². The maximum atomic E-state index is 13.8. The number of esters is 2. The maximum absolute atomic E-state index is 13.8. The van der Waals surface area contributed by atoms with Crippen LogP contribution in [0.1, 0.15) is 37.0 Å². The molecule has 5 saturated carbocycles. The smallest absolute Gasteiger partial charge is 0.338 e. The van der Waals surface area contributed by atoms with E-state index in [-0.39, 0.29) is 25.0 Å². The fraction of sp³-hybridized carbons (Fsp3) is 0.765. The van der Waals surface area contributed by atoms with Crippen molar-refractivity contribution in [3.8, 4) is 0 Å². The van der Waals surface area contributed by atoms with E-state index in [9.17, 15) is 24.9 Å². The molecular formula is C34H47NO11. The second kappa shape index (κ2) is 10.9. The molecule has 7 rings (SSSR count). The van der Waals surface area contributed by atoms with E-state index < -0.39 is 88.3 Å². The zero-order valence-electron chi connectivity index (χ0n) is 27.3. The number of aliphatic hydroxyl groups is 3. The Hall–Kier alpha value is -2.16. The van der Waals surface area contributed by atoms with E-state index in [0.29, 0.717) is 25.1 Å². The summed E-state index contributed by atoms with van der Waals surface area (Å²) in [5.74, 6) is -3.65. The SMILES string of the molecule is CCN1C[C@]2(COC)[C@H](O)C[C@H](OC)[C@@]34[C@@H]5C[C@@]6(O)[C@H](OC(=O)c7ccccc7)[C@@H]5[C@@](OC(C)=O)([C@H]([C@H](OC)[C@H]23)[C@H]14)[C@@H](O)[C@@H]6OC. The molecule has 1 aromatic rings. The maximum Gasteiger partial charge on any atom is 0.338 e. The Morgan fingerprint density at radius 2 is 1.72 bits per heavy atom. The third kappa shape index (κ3) is 3.62. The second-order valence-corrected chi connectivity index (χ2v) is 14.4. The summed E-state index contributed by atoms with van der Waals surface area (Å²) in [7, 11) is 6.27. The first kappa shape index (κ1) is 32.4. The van der Waals surface area contributed by atoms with Gasteiger partial charge in [0.2, 0.25) is 0 Å². The summed E-state index contributed by atoms with van der Waals surface area (Å²) in [6.07, 6.45) is -5.49. The van der Waals surface area contributed by atoms with Gasteiger partial charge in [0.15, 0.2) is 5.60 Å². The Morgan fingerprint density at radius 3 is 2.30 bits per heavy atom. The molecule has 254 valence electrons. The Kier molecular flexibility index (Phi) is 7.69. The number of likely N-dealkylation sites (tertiary alicyclic amines) is 1. The summed E-state index contributed by atoms with van der Waals surface area (Å²) >= 11 is 0. The Labute approximate surface area is 269 Å². The van der Waals surface area contributed by atoms with Crippen LogP contribution in [0.2, 0.25) is 0 Å². The molecule has 0 radical (unpaired) electrons. The summed E-state index contributed by atoms with van der Waals surface area (Å²) in [6, 6.07) is 8.18. The van der Waals surface area contributed by atoms with Crippen LogP contribution in [0.3, 0.4) is 0 Å². The zero-order valence-corrected chi connectivity index (χ0v) is 27.3. The number of hydrogen-bond acceptors (Lipinski definition) is 12. The fourth-order valence-corrected chi connectivity index (χ4v) is 12.3. The van der Waals surface area contributed by atoms with Crippen LogP contribution in [-0.4, -0.2) is 134 Å². The van der Waals surface area contributed by atoms with Gasteiger partial charge in [-0.15, -0.1) is 0 Å². The lowest BCUT2D eigenvalue weighted by Crippen LogP contribution is -2.81. The van der Waals surface area contributed by atoms with E-state index >= 15 is 0 Å². The number of carbonyl (C=O) groups is 2. The molecule has 5 aliphatic carbocycles. The van der Waals surface area contributed by atoms with Gasteiger partial charge in [-0.1, -0.05) is 25.1 Å². The fourth-order valence-electron chi connectivity index (χ4n) is 12.3. The highest BCUT2D eigenvalue weighted by molar-refractivity contribution is 5.89. The standard InChI is InChI=1S/C34H47NO11/c1-7-35-15-31(16-41-3)20(37)13-21(42-4)33-19-14-32(40)28(45-30(39)18-11-9-8-10-12-18)22(19)34(46-17(2)36,27(38)29(32)44-6)23(26(33)35)24(43-5)25(31)33/h8-12,19-29,37-38,40H,7,13-16H2,1-6H3/t19-,20-,21+,22-,23-,24+,25-,26+,27+,28-,29+,31+,32-,33+,34-/m1/s1. The first-order valence-electron chi connectivity index (χ1n) is 16.3.